The molecule has 0 bridgehead atoms. The summed E-state index contributed by atoms with van der Waals surface area (Å²) in [7, 11) is 2.26. The van der Waals surface area contributed by atoms with Crippen molar-refractivity contribution in [1.82, 2.24) is 4.90 Å². The molecule has 2 heteroatoms. The first-order chi connectivity index (χ1) is 6.19. The molecule has 1 rings (SSSR count). The maximum atomic E-state index is 4.38. The van der Waals surface area contributed by atoms with Crippen LogP contribution in [0.25, 0.3) is 0 Å². The molecule has 0 aromatic rings. The Morgan fingerprint density at radius 3 is 2.46 bits per heavy atom. The fourth-order valence-corrected chi connectivity index (χ4v) is 2.20. The van der Waals surface area contributed by atoms with Gasteiger partial charge in [0.15, 0.2) is 0 Å². The zero-order valence-electron chi connectivity index (χ0n) is 9.16. The lowest BCUT2D eigenvalue weighted by atomic mass is 10.1. The van der Waals surface area contributed by atoms with Crippen molar-refractivity contribution in [2.24, 2.45) is 11.8 Å². The van der Waals surface area contributed by atoms with Gasteiger partial charge in [-0.1, -0.05) is 13.3 Å². The van der Waals surface area contributed by atoms with Crippen molar-refractivity contribution in [3.8, 4) is 0 Å². The Labute approximate surface area is 88.3 Å². The van der Waals surface area contributed by atoms with Gasteiger partial charge in [-0.3, -0.25) is 0 Å². The molecule has 1 saturated carbocycles. The zero-order valence-corrected chi connectivity index (χ0v) is 10.1. The highest BCUT2D eigenvalue weighted by molar-refractivity contribution is 7.80. The number of hydrogen-bond acceptors (Lipinski definition) is 2. The molecule has 1 aliphatic carbocycles. The van der Waals surface area contributed by atoms with E-state index in [0.29, 0.717) is 0 Å². The van der Waals surface area contributed by atoms with Gasteiger partial charge in [0.1, 0.15) is 0 Å². The Hall–Kier alpha value is 0.310. The van der Waals surface area contributed by atoms with Crippen LogP contribution >= 0.6 is 12.6 Å². The van der Waals surface area contributed by atoms with Crippen molar-refractivity contribution < 1.29 is 0 Å². The Balaban J connectivity index is 2.25. The van der Waals surface area contributed by atoms with E-state index in [9.17, 15) is 0 Å². The lowest BCUT2D eigenvalue weighted by Crippen LogP contribution is -2.35. The summed E-state index contributed by atoms with van der Waals surface area (Å²) in [6.07, 6.45) is 4.15. The third-order valence-corrected chi connectivity index (χ3v) is 3.90. The largest absolute Gasteiger partial charge is 0.303 e. The minimum Gasteiger partial charge on any atom is -0.303 e. The van der Waals surface area contributed by atoms with Crippen LogP contribution in [0.3, 0.4) is 0 Å². The highest BCUT2D eigenvalue weighted by atomic mass is 32.1. The average molecular weight is 201 g/mol. The second-order valence-corrected chi connectivity index (χ2v) is 4.84. The Bertz CT molecular complexity index is 141. The van der Waals surface area contributed by atoms with Crippen molar-refractivity contribution in [3.63, 3.8) is 0 Å². The van der Waals surface area contributed by atoms with Crippen molar-refractivity contribution in [1.29, 1.82) is 0 Å². The highest BCUT2D eigenvalue weighted by Gasteiger charge is 2.30. The molecule has 0 heterocycles. The lowest BCUT2D eigenvalue weighted by molar-refractivity contribution is 0.205. The standard InChI is InChI=1S/C11H23NS/c1-4-10(8-13)7-12(3)9(2)11-5-6-11/h9-11,13H,4-8H2,1-3H3. The normalized spacial score (nSPS) is 21.9. The summed E-state index contributed by atoms with van der Waals surface area (Å²) >= 11 is 4.38. The van der Waals surface area contributed by atoms with Crippen LogP contribution in [0, 0.1) is 11.8 Å². The third-order valence-electron chi connectivity index (χ3n) is 3.38. The van der Waals surface area contributed by atoms with Gasteiger partial charge in [-0.2, -0.15) is 12.6 Å². The Morgan fingerprint density at radius 1 is 1.46 bits per heavy atom. The molecule has 0 aromatic heterocycles. The second-order valence-electron chi connectivity index (χ2n) is 4.47. The number of thiol groups is 1. The Morgan fingerprint density at radius 2 is 2.08 bits per heavy atom. The van der Waals surface area contributed by atoms with E-state index in [-0.39, 0.29) is 0 Å². The van der Waals surface area contributed by atoms with E-state index in [1.54, 1.807) is 0 Å². The van der Waals surface area contributed by atoms with Crippen molar-refractivity contribution in [2.75, 3.05) is 19.3 Å². The van der Waals surface area contributed by atoms with Crippen molar-refractivity contribution in [2.45, 2.75) is 39.2 Å². The first-order valence-corrected chi connectivity index (χ1v) is 6.13. The zero-order chi connectivity index (χ0) is 9.84. The summed E-state index contributed by atoms with van der Waals surface area (Å²) < 4.78 is 0. The number of nitrogens with zero attached hydrogens (tertiary/aromatic N) is 1. The van der Waals surface area contributed by atoms with Crippen LogP contribution in [0.4, 0.5) is 0 Å². The summed E-state index contributed by atoms with van der Waals surface area (Å²) in [6, 6.07) is 0.786. The van der Waals surface area contributed by atoms with Crippen LogP contribution in [0.5, 0.6) is 0 Å². The summed E-state index contributed by atoms with van der Waals surface area (Å²) in [5, 5.41) is 0. The SMILES string of the molecule is CCC(CS)CN(C)C(C)C1CC1. The molecule has 0 N–H and O–H groups in total. The maximum absolute atomic E-state index is 4.38. The number of hydrogen-bond donors (Lipinski definition) is 1. The summed E-state index contributed by atoms with van der Waals surface area (Å²) in [5.74, 6) is 2.79. The first kappa shape index (κ1) is 11.4. The van der Waals surface area contributed by atoms with Crippen LogP contribution < -0.4 is 0 Å². The van der Waals surface area contributed by atoms with E-state index in [1.165, 1.54) is 25.8 Å². The van der Waals surface area contributed by atoms with Crippen LogP contribution in [-0.4, -0.2) is 30.3 Å². The monoisotopic (exact) mass is 201 g/mol. The molecule has 0 saturated heterocycles. The minimum absolute atomic E-state index is 0.773. The Kier molecular flexibility index (Phi) is 4.60. The van der Waals surface area contributed by atoms with Gasteiger partial charge in [0, 0.05) is 12.6 Å². The molecule has 78 valence electrons. The van der Waals surface area contributed by atoms with E-state index in [2.05, 4.69) is 38.4 Å². The van der Waals surface area contributed by atoms with Gasteiger partial charge in [-0.25, -0.2) is 0 Å². The molecule has 1 aliphatic rings. The molecular formula is C11H23NS. The van der Waals surface area contributed by atoms with E-state index in [1.807, 2.05) is 0 Å². The average Bonchev–Trinajstić information content (AvgIpc) is 2.95. The summed E-state index contributed by atoms with van der Waals surface area (Å²) in [5.41, 5.74) is 0. The van der Waals surface area contributed by atoms with Crippen LogP contribution in [0.1, 0.15) is 33.1 Å². The molecule has 1 nitrogen and oxygen atoms in total. The van der Waals surface area contributed by atoms with Gasteiger partial charge < -0.3 is 4.90 Å². The van der Waals surface area contributed by atoms with E-state index in [4.69, 9.17) is 0 Å². The van der Waals surface area contributed by atoms with Gasteiger partial charge in [-0.15, -0.1) is 0 Å². The third kappa shape index (κ3) is 3.51. The van der Waals surface area contributed by atoms with Gasteiger partial charge in [0.05, 0.1) is 0 Å². The molecule has 13 heavy (non-hydrogen) atoms. The molecule has 0 aliphatic heterocycles. The van der Waals surface area contributed by atoms with Crippen LogP contribution in [-0.2, 0) is 0 Å². The summed E-state index contributed by atoms with van der Waals surface area (Å²) in [6.45, 7) is 5.84. The van der Waals surface area contributed by atoms with Gasteiger partial charge >= 0.3 is 0 Å². The molecule has 0 radical (unpaired) electrons. The molecule has 2 unspecified atom stereocenters. The fourth-order valence-electron chi connectivity index (χ4n) is 1.83. The van der Waals surface area contributed by atoms with Crippen molar-refractivity contribution in [3.05, 3.63) is 0 Å². The molecule has 2 atom stereocenters. The maximum Gasteiger partial charge on any atom is 0.00922 e. The molecule has 0 aromatic carbocycles. The lowest BCUT2D eigenvalue weighted by Gasteiger charge is -2.28. The van der Waals surface area contributed by atoms with Crippen LogP contribution in [0.15, 0.2) is 0 Å². The topological polar surface area (TPSA) is 3.24 Å². The molecular weight excluding hydrogens is 178 g/mol. The first-order valence-electron chi connectivity index (χ1n) is 5.50. The second kappa shape index (κ2) is 5.26. The quantitative estimate of drug-likeness (QED) is 0.647. The predicted octanol–water partition coefficient (Wildman–Crippen LogP) is 2.67. The van der Waals surface area contributed by atoms with Gasteiger partial charge in [0.2, 0.25) is 0 Å². The number of rotatable bonds is 6. The smallest absolute Gasteiger partial charge is 0.00922 e. The van der Waals surface area contributed by atoms with Crippen LogP contribution in [0.2, 0.25) is 0 Å². The molecule has 0 amide bonds. The highest BCUT2D eigenvalue weighted by Crippen LogP contribution is 2.34. The van der Waals surface area contributed by atoms with E-state index < -0.39 is 0 Å². The van der Waals surface area contributed by atoms with E-state index >= 15 is 0 Å². The van der Waals surface area contributed by atoms with Gasteiger partial charge in [0.25, 0.3) is 0 Å². The van der Waals surface area contributed by atoms with E-state index in [0.717, 1.165) is 23.6 Å². The van der Waals surface area contributed by atoms with Crippen molar-refractivity contribution >= 4 is 12.6 Å². The molecule has 0 spiro atoms. The van der Waals surface area contributed by atoms with Gasteiger partial charge in [-0.05, 0) is 44.4 Å². The fraction of sp³-hybridized carbons (Fsp3) is 1.00. The summed E-state index contributed by atoms with van der Waals surface area (Å²) in [4.78, 5) is 2.52. The molecule has 1 fully saturated rings. The predicted molar refractivity (Wildman–Crippen MR) is 62.5 cm³/mol. The minimum atomic E-state index is 0.773.